The Labute approximate surface area is 175 Å². The number of hydrogen-bond acceptors (Lipinski definition) is 4. The number of nitrogens with zero attached hydrogens (tertiary/aromatic N) is 1. The van der Waals surface area contributed by atoms with E-state index < -0.39 is 0 Å². The number of nitrogens with one attached hydrogen (secondary N) is 2. The average Bonchev–Trinajstić information content (AvgIpc) is 2.71. The summed E-state index contributed by atoms with van der Waals surface area (Å²) in [6, 6.07) is 9.56. The van der Waals surface area contributed by atoms with E-state index in [-0.39, 0.29) is 11.8 Å². The van der Waals surface area contributed by atoms with Gasteiger partial charge in [-0.25, -0.2) is 4.99 Å². The molecule has 0 aromatic heterocycles. The molecule has 0 aliphatic carbocycles. The number of hydrogen-bond donors (Lipinski definition) is 2. The third-order valence-corrected chi connectivity index (χ3v) is 5.28. The van der Waals surface area contributed by atoms with Gasteiger partial charge in [-0.2, -0.15) is 0 Å². The Bertz CT molecular complexity index is 1070. The highest BCUT2D eigenvalue weighted by molar-refractivity contribution is 7.80. The van der Waals surface area contributed by atoms with Crippen LogP contribution >= 0.6 is 12.2 Å². The molecule has 29 heavy (non-hydrogen) atoms. The summed E-state index contributed by atoms with van der Waals surface area (Å²) in [6.45, 7) is 4.58. The van der Waals surface area contributed by atoms with Crippen molar-refractivity contribution in [1.29, 1.82) is 0 Å². The molecule has 3 rings (SSSR count). The smallest absolute Gasteiger partial charge is 0.253 e. The molecule has 1 aliphatic rings. The Kier molecular flexibility index (Phi) is 6.49. The van der Waals surface area contributed by atoms with Gasteiger partial charge in [-0.3, -0.25) is 4.79 Å². The number of aryl methyl sites for hydroxylation is 1. The van der Waals surface area contributed by atoms with E-state index in [9.17, 15) is 4.79 Å². The van der Waals surface area contributed by atoms with Gasteiger partial charge >= 0.3 is 0 Å². The van der Waals surface area contributed by atoms with Gasteiger partial charge in [0.2, 0.25) is 0 Å². The predicted octanol–water partition coefficient (Wildman–Crippen LogP) is 2.25. The van der Waals surface area contributed by atoms with Gasteiger partial charge in [0.1, 0.15) is 0 Å². The van der Waals surface area contributed by atoms with Crippen molar-refractivity contribution in [3.05, 3.63) is 52.0 Å². The zero-order chi connectivity index (χ0) is 21.0. The highest BCUT2D eigenvalue weighted by Crippen LogP contribution is 2.29. The Balaban J connectivity index is 1.58. The number of carbonyl (C=O) groups excluding carboxylic acids is 1. The minimum Gasteiger partial charge on any atom is -0.493 e. The van der Waals surface area contributed by atoms with Crippen LogP contribution in [0.5, 0.6) is 11.5 Å². The highest BCUT2D eigenvalue weighted by atomic mass is 32.1. The molecule has 2 aromatic carbocycles. The van der Waals surface area contributed by atoms with Crippen molar-refractivity contribution in [2.45, 2.75) is 20.3 Å². The number of anilines is 1. The number of amides is 1. The van der Waals surface area contributed by atoms with E-state index in [2.05, 4.69) is 21.7 Å². The van der Waals surface area contributed by atoms with Gasteiger partial charge in [-0.05, 0) is 61.0 Å². The number of fused-ring (bicyclic) bond motifs is 1. The van der Waals surface area contributed by atoms with Crippen LogP contribution in [0.4, 0.5) is 5.69 Å². The monoisotopic (exact) mass is 411 g/mol. The molecule has 1 unspecified atom stereocenters. The van der Waals surface area contributed by atoms with E-state index in [1.54, 1.807) is 14.2 Å². The number of thiocarbonyl (C=S) groups is 1. The van der Waals surface area contributed by atoms with Gasteiger partial charge in [-0.15, -0.1) is 0 Å². The first-order chi connectivity index (χ1) is 13.9. The second-order valence-electron chi connectivity index (χ2n) is 6.91. The largest absolute Gasteiger partial charge is 0.493 e. The Morgan fingerprint density at radius 3 is 2.62 bits per heavy atom. The van der Waals surface area contributed by atoms with Crippen LogP contribution in [0, 0.1) is 19.8 Å². The summed E-state index contributed by atoms with van der Waals surface area (Å²) in [6.07, 6.45) is 2.62. The van der Waals surface area contributed by atoms with E-state index in [4.69, 9.17) is 21.7 Å². The highest BCUT2D eigenvalue weighted by Gasteiger charge is 2.19. The third-order valence-electron chi connectivity index (χ3n) is 5.04. The summed E-state index contributed by atoms with van der Waals surface area (Å²) in [7, 11) is 3.18. The van der Waals surface area contributed by atoms with Crippen LogP contribution in [0.25, 0.3) is 6.08 Å². The summed E-state index contributed by atoms with van der Waals surface area (Å²) in [4.78, 5) is 16.7. The first kappa shape index (κ1) is 20.8. The number of carbonyl (C=O) groups is 1. The lowest BCUT2D eigenvalue weighted by molar-refractivity contribution is -0.120. The lowest BCUT2D eigenvalue weighted by Crippen LogP contribution is -2.37. The number of ether oxygens (including phenoxy) is 2. The lowest BCUT2D eigenvalue weighted by atomic mass is 9.98. The van der Waals surface area contributed by atoms with Crippen LogP contribution in [0.3, 0.4) is 0 Å². The van der Waals surface area contributed by atoms with Gasteiger partial charge < -0.3 is 20.1 Å². The second-order valence-corrected chi connectivity index (χ2v) is 7.32. The van der Waals surface area contributed by atoms with Crippen LogP contribution in [0.2, 0.25) is 0 Å². The molecule has 1 amide bonds. The number of benzene rings is 2. The minimum absolute atomic E-state index is 0.105. The molecular formula is C22H25N3O3S. The van der Waals surface area contributed by atoms with Gasteiger partial charge in [-0.1, -0.05) is 18.2 Å². The summed E-state index contributed by atoms with van der Waals surface area (Å²) < 4.78 is 10.5. The maximum absolute atomic E-state index is 12.4. The van der Waals surface area contributed by atoms with Crippen LogP contribution in [-0.4, -0.2) is 31.8 Å². The lowest BCUT2D eigenvalue weighted by Gasteiger charge is -2.16. The Morgan fingerprint density at radius 1 is 1.14 bits per heavy atom. The van der Waals surface area contributed by atoms with E-state index in [0.717, 1.165) is 27.4 Å². The van der Waals surface area contributed by atoms with Crippen molar-refractivity contribution in [2.75, 3.05) is 26.1 Å². The maximum Gasteiger partial charge on any atom is 0.253 e. The van der Waals surface area contributed by atoms with Gasteiger partial charge in [0.05, 0.1) is 25.5 Å². The zero-order valence-corrected chi connectivity index (χ0v) is 17.9. The molecule has 0 radical (unpaired) electrons. The molecule has 7 heteroatoms. The van der Waals surface area contributed by atoms with Crippen molar-refractivity contribution < 1.29 is 14.3 Å². The molecule has 1 atom stereocenters. The fraction of sp³-hybridized carbons (Fsp3) is 0.318. The van der Waals surface area contributed by atoms with Crippen molar-refractivity contribution in [3.8, 4) is 11.5 Å². The molecule has 1 heterocycles. The molecule has 0 bridgehead atoms. The van der Waals surface area contributed by atoms with Crippen molar-refractivity contribution in [2.24, 2.45) is 10.9 Å². The normalized spacial score (nSPS) is 14.9. The van der Waals surface area contributed by atoms with Crippen molar-refractivity contribution >= 4 is 35.0 Å². The molecule has 0 spiro atoms. The van der Waals surface area contributed by atoms with E-state index in [1.165, 1.54) is 0 Å². The molecule has 6 nitrogen and oxygen atoms in total. The quantitative estimate of drug-likeness (QED) is 0.711. The molecular weight excluding hydrogens is 386 g/mol. The van der Waals surface area contributed by atoms with Crippen molar-refractivity contribution in [1.82, 2.24) is 5.32 Å². The second kappa shape index (κ2) is 9.05. The summed E-state index contributed by atoms with van der Waals surface area (Å²) in [5, 5.41) is 8.55. The summed E-state index contributed by atoms with van der Waals surface area (Å²) >= 11 is 5.35. The summed E-state index contributed by atoms with van der Waals surface area (Å²) in [5.74, 6) is 0.916. The van der Waals surface area contributed by atoms with E-state index in [1.807, 2.05) is 44.2 Å². The van der Waals surface area contributed by atoms with Crippen molar-refractivity contribution in [3.63, 3.8) is 0 Å². The minimum atomic E-state index is -0.249. The summed E-state index contributed by atoms with van der Waals surface area (Å²) in [5.41, 5.74) is 2.99. The molecule has 0 saturated heterocycles. The van der Waals surface area contributed by atoms with Crippen LogP contribution in [0.15, 0.2) is 35.3 Å². The SMILES string of the molecule is COc1ccc(NC(=S)NCCC2C=c3ccc(C)c(C)c3=NC2=O)cc1OC. The zero-order valence-electron chi connectivity index (χ0n) is 17.0. The molecule has 1 aliphatic heterocycles. The fourth-order valence-corrected chi connectivity index (χ4v) is 3.44. The first-order valence-electron chi connectivity index (χ1n) is 9.40. The Hall–Kier alpha value is -2.93. The molecule has 0 fully saturated rings. The maximum atomic E-state index is 12.4. The van der Waals surface area contributed by atoms with E-state index in [0.29, 0.717) is 29.6 Å². The first-order valence-corrected chi connectivity index (χ1v) is 9.81. The molecule has 2 aromatic rings. The van der Waals surface area contributed by atoms with E-state index >= 15 is 0 Å². The van der Waals surface area contributed by atoms with Gasteiger partial charge in [0, 0.05) is 18.3 Å². The van der Waals surface area contributed by atoms with Crippen LogP contribution in [0.1, 0.15) is 17.5 Å². The number of rotatable bonds is 6. The fourth-order valence-electron chi connectivity index (χ4n) is 3.22. The third kappa shape index (κ3) is 4.74. The Morgan fingerprint density at radius 2 is 1.90 bits per heavy atom. The predicted molar refractivity (Wildman–Crippen MR) is 118 cm³/mol. The van der Waals surface area contributed by atoms with Gasteiger partial charge in [0.15, 0.2) is 16.6 Å². The standard InChI is InChI=1S/C22H25N3O3S/c1-13-5-6-15-11-16(21(26)25-20(15)14(13)2)9-10-23-22(29)24-17-7-8-18(27-3)19(12-17)28-4/h5-8,11-12,16H,9-10H2,1-4H3,(H2,23,24,29). The van der Waals surface area contributed by atoms with Crippen LogP contribution in [-0.2, 0) is 4.79 Å². The molecule has 0 saturated carbocycles. The average molecular weight is 412 g/mol. The molecule has 2 N–H and O–H groups in total. The topological polar surface area (TPSA) is 72.0 Å². The molecule has 152 valence electrons. The van der Waals surface area contributed by atoms with Crippen LogP contribution < -0.4 is 30.7 Å². The number of methoxy groups -OCH3 is 2. The van der Waals surface area contributed by atoms with Gasteiger partial charge in [0.25, 0.3) is 5.91 Å².